The Morgan fingerprint density at radius 1 is 1.25 bits per heavy atom. The smallest absolute Gasteiger partial charge is 0.224 e. The number of hydrogen-bond acceptors (Lipinski definition) is 3. The number of anilines is 1. The molecule has 0 saturated heterocycles. The molecule has 88 valence electrons. The molecule has 1 aliphatic rings. The van der Waals surface area contributed by atoms with Crippen molar-refractivity contribution in [2.24, 2.45) is 5.92 Å². The third kappa shape index (κ3) is 3.08. The van der Waals surface area contributed by atoms with E-state index in [0.29, 0.717) is 17.1 Å². The maximum atomic E-state index is 5.90. The van der Waals surface area contributed by atoms with Crippen molar-refractivity contribution in [2.75, 3.05) is 5.32 Å². The monoisotopic (exact) mass is 239 g/mol. The largest absolute Gasteiger partial charge is 0.351 e. The molecular weight excluding hydrogens is 222 g/mol. The van der Waals surface area contributed by atoms with Gasteiger partial charge in [0, 0.05) is 11.7 Å². The standard InChI is InChI=1S/C12H18ClN3/c1-8-3-5-10(6-4-8)15-12-14-9(2)7-11(13)16-12/h7-8,10H,3-6H2,1-2H3,(H,14,15,16). The highest BCUT2D eigenvalue weighted by Gasteiger charge is 2.18. The Bertz CT molecular complexity index is 339. The van der Waals surface area contributed by atoms with Crippen LogP contribution < -0.4 is 5.32 Å². The molecular formula is C12H18ClN3. The summed E-state index contributed by atoms with van der Waals surface area (Å²) in [6.45, 7) is 4.25. The minimum atomic E-state index is 0.508. The molecule has 2 rings (SSSR count). The molecule has 0 aromatic carbocycles. The van der Waals surface area contributed by atoms with E-state index in [9.17, 15) is 0 Å². The van der Waals surface area contributed by atoms with E-state index in [0.717, 1.165) is 11.6 Å². The minimum absolute atomic E-state index is 0.508. The molecule has 0 unspecified atom stereocenters. The fourth-order valence-corrected chi connectivity index (χ4v) is 2.42. The second-order valence-corrected chi connectivity index (χ2v) is 5.14. The summed E-state index contributed by atoms with van der Waals surface area (Å²) in [5, 5.41) is 3.89. The Labute approximate surface area is 102 Å². The Morgan fingerprint density at radius 2 is 1.94 bits per heavy atom. The lowest BCUT2D eigenvalue weighted by molar-refractivity contribution is 0.360. The van der Waals surface area contributed by atoms with Crippen molar-refractivity contribution >= 4 is 17.5 Å². The number of hydrogen-bond donors (Lipinski definition) is 1. The lowest BCUT2D eigenvalue weighted by Crippen LogP contribution is -2.26. The second kappa shape index (κ2) is 5.00. The molecule has 0 radical (unpaired) electrons. The first-order valence-corrected chi connectivity index (χ1v) is 6.29. The molecule has 1 heterocycles. The van der Waals surface area contributed by atoms with Crippen molar-refractivity contribution in [3.63, 3.8) is 0 Å². The highest BCUT2D eigenvalue weighted by atomic mass is 35.5. The Hall–Kier alpha value is -0.830. The number of aromatic nitrogens is 2. The molecule has 0 amide bonds. The van der Waals surface area contributed by atoms with Gasteiger partial charge in [0.15, 0.2) is 0 Å². The molecule has 0 bridgehead atoms. The normalized spacial score (nSPS) is 25.4. The van der Waals surface area contributed by atoms with Crippen molar-refractivity contribution < 1.29 is 0 Å². The van der Waals surface area contributed by atoms with Crippen LogP contribution in [0, 0.1) is 12.8 Å². The summed E-state index contributed by atoms with van der Waals surface area (Å²) >= 11 is 5.90. The minimum Gasteiger partial charge on any atom is -0.351 e. The number of aryl methyl sites for hydroxylation is 1. The molecule has 0 aliphatic heterocycles. The lowest BCUT2D eigenvalue weighted by Gasteiger charge is -2.26. The van der Waals surface area contributed by atoms with Crippen LogP contribution in [0.25, 0.3) is 0 Å². The van der Waals surface area contributed by atoms with Crippen LogP contribution in [0.1, 0.15) is 38.3 Å². The van der Waals surface area contributed by atoms with Gasteiger partial charge in [-0.2, -0.15) is 0 Å². The van der Waals surface area contributed by atoms with Gasteiger partial charge < -0.3 is 5.32 Å². The average Bonchev–Trinajstić information content (AvgIpc) is 2.20. The molecule has 1 N–H and O–H groups in total. The van der Waals surface area contributed by atoms with Gasteiger partial charge in [-0.25, -0.2) is 9.97 Å². The highest BCUT2D eigenvalue weighted by Crippen LogP contribution is 2.25. The molecule has 4 heteroatoms. The molecule has 1 saturated carbocycles. The van der Waals surface area contributed by atoms with E-state index >= 15 is 0 Å². The Morgan fingerprint density at radius 3 is 2.56 bits per heavy atom. The van der Waals surface area contributed by atoms with Crippen molar-refractivity contribution in [3.05, 3.63) is 16.9 Å². The molecule has 3 nitrogen and oxygen atoms in total. The third-order valence-electron chi connectivity index (χ3n) is 3.17. The van der Waals surface area contributed by atoms with E-state index in [2.05, 4.69) is 22.2 Å². The summed E-state index contributed by atoms with van der Waals surface area (Å²) in [4.78, 5) is 8.53. The molecule has 16 heavy (non-hydrogen) atoms. The summed E-state index contributed by atoms with van der Waals surface area (Å²) in [6.07, 6.45) is 4.99. The first-order chi connectivity index (χ1) is 7.63. The first kappa shape index (κ1) is 11.6. The third-order valence-corrected chi connectivity index (χ3v) is 3.37. The highest BCUT2D eigenvalue weighted by molar-refractivity contribution is 6.29. The van der Waals surface area contributed by atoms with Gasteiger partial charge in [-0.3, -0.25) is 0 Å². The van der Waals surface area contributed by atoms with Crippen LogP contribution in [0.3, 0.4) is 0 Å². The predicted octanol–water partition coefficient (Wildman–Crippen LogP) is 3.43. The van der Waals surface area contributed by atoms with E-state index in [1.54, 1.807) is 6.07 Å². The second-order valence-electron chi connectivity index (χ2n) is 4.76. The first-order valence-electron chi connectivity index (χ1n) is 5.91. The van der Waals surface area contributed by atoms with E-state index in [-0.39, 0.29) is 0 Å². The van der Waals surface area contributed by atoms with Crippen molar-refractivity contribution in [3.8, 4) is 0 Å². The summed E-state index contributed by atoms with van der Waals surface area (Å²) in [5.41, 5.74) is 0.909. The topological polar surface area (TPSA) is 37.8 Å². The fourth-order valence-electron chi connectivity index (χ4n) is 2.18. The van der Waals surface area contributed by atoms with Gasteiger partial charge in [-0.05, 0) is 44.6 Å². The van der Waals surface area contributed by atoms with E-state index in [4.69, 9.17) is 11.6 Å². The molecule has 0 atom stereocenters. The van der Waals surface area contributed by atoms with E-state index in [1.165, 1.54) is 25.7 Å². The molecule has 0 spiro atoms. The summed E-state index contributed by atoms with van der Waals surface area (Å²) in [6, 6.07) is 2.28. The number of nitrogens with zero attached hydrogens (tertiary/aromatic N) is 2. The molecule has 1 aromatic rings. The summed E-state index contributed by atoms with van der Waals surface area (Å²) in [7, 11) is 0. The quantitative estimate of drug-likeness (QED) is 0.804. The van der Waals surface area contributed by atoms with Crippen LogP contribution in [0.4, 0.5) is 5.95 Å². The summed E-state index contributed by atoms with van der Waals surface area (Å²) in [5.74, 6) is 1.53. The van der Waals surface area contributed by atoms with Crippen LogP contribution in [0.5, 0.6) is 0 Å². The van der Waals surface area contributed by atoms with Gasteiger partial charge in [0.05, 0.1) is 0 Å². The van der Waals surface area contributed by atoms with Crippen molar-refractivity contribution in [2.45, 2.75) is 45.6 Å². The molecule has 1 aliphatic carbocycles. The van der Waals surface area contributed by atoms with E-state index in [1.807, 2.05) is 6.92 Å². The zero-order valence-corrected chi connectivity index (χ0v) is 10.6. The van der Waals surface area contributed by atoms with Gasteiger partial charge in [0.2, 0.25) is 5.95 Å². The SMILES string of the molecule is Cc1cc(Cl)nc(NC2CCC(C)CC2)n1. The zero-order valence-electron chi connectivity index (χ0n) is 9.83. The van der Waals surface area contributed by atoms with Gasteiger partial charge in [0.1, 0.15) is 5.15 Å². The lowest BCUT2D eigenvalue weighted by atomic mass is 9.87. The van der Waals surface area contributed by atoms with Gasteiger partial charge >= 0.3 is 0 Å². The average molecular weight is 240 g/mol. The van der Waals surface area contributed by atoms with Gasteiger partial charge in [-0.1, -0.05) is 18.5 Å². The molecule has 1 aromatic heterocycles. The van der Waals surface area contributed by atoms with Crippen LogP contribution >= 0.6 is 11.6 Å². The van der Waals surface area contributed by atoms with Crippen LogP contribution in [0.2, 0.25) is 5.15 Å². The van der Waals surface area contributed by atoms with Crippen molar-refractivity contribution in [1.29, 1.82) is 0 Å². The van der Waals surface area contributed by atoms with Crippen LogP contribution in [0.15, 0.2) is 6.07 Å². The Kier molecular flexibility index (Phi) is 3.64. The van der Waals surface area contributed by atoms with Gasteiger partial charge in [0.25, 0.3) is 0 Å². The number of rotatable bonds is 2. The summed E-state index contributed by atoms with van der Waals surface area (Å²) < 4.78 is 0. The predicted molar refractivity (Wildman–Crippen MR) is 66.8 cm³/mol. The Balaban J connectivity index is 1.98. The van der Waals surface area contributed by atoms with Crippen LogP contribution in [-0.2, 0) is 0 Å². The maximum absolute atomic E-state index is 5.90. The van der Waals surface area contributed by atoms with E-state index < -0.39 is 0 Å². The zero-order chi connectivity index (χ0) is 11.5. The number of halogens is 1. The van der Waals surface area contributed by atoms with Crippen LogP contribution in [-0.4, -0.2) is 16.0 Å². The van der Waals surface area contributed by atoms with Crippen molar-refractivity contribution in [1.82, 2.24) is 9.97 Å². The fraction of sp³-hybridized carbons (Fsp3) is 0.667. The van der Waals surface area contributed by atoms with Gasteiger partial charge in [-0.15, -0.1) is 0 Å². The number of nitrogens with one attached hydrogen (secondary N) is 1. The maximum Gasteiger partial charge on any atom is 0.224 e. The molecule has 1 fully saturated rings.